The van der Waals surface area contributed by atoms with Crippen molar-refractivity contribution in [2.24, 2.45) is 0 Å². The Balaban J connectivity index is 1.68. The van der Waals surface area contributed by atoms with Crippen LogP contribution >= 0.6 is 11.6 Å². The highest BCUT2D eigenvalue weighted by Gasteiger charge is 2.17. The number of hydrogen-bond donors (Lipinski definition) is 1. The Morgan fingerprint density at radius 2 is 2.14 bits per heavy atom. The molecule has 0 aliphatic rings. The van der Waals surface area contributed by atoms with Gasteiger partial charge in [-0.25, -0.2) is 4.52 Å². The van der Waals surface area contributed by atoms with Gasteiger partial charge in [-0.05, 0) is 32.0 Å². The second-order valence-electron chi connectivity index (χ2n) is 5.10. The molecule has 0 aromatic carbocycles. The van der Waals surface area contributed by atoms with Crippen molar-refractivity contribution < 1.29 is 4.79 Å². The molecule has 0 radical (unpaired) electrons. The Morgan fingerprint density at radius 1 is 1.32 bits per heavy atom. The zero-order valence-electron chi connectivity index (χ0n) is 12.4. The summed E-state index contributed by atoms with van der Waals surface area (Å²) in [7, 11) is 0. The molecule has 1 N–H and O–H groups in total. The molecule has 0 bridgehead atoms. The minimum absolute atomic E-state index is 0.237. The van der Waals surface area contributed by atoms with Crippen LogP contribution in [0, 0.1) is 13.8 Å². The number of rotatable bonds is 4. The molecule has 0 aliphatic heterocycles. The van der Waals surface area contributed by atoms with Crippen molar-refractivity contribution in [1.29, 1.82) is 0 Å². The van der Waals surface area contributed by atoms with Crippen LogP contribution in [0.25, 0.3) is 5.52 Å². The van der Waals surface area contributed by atoms with Gasteiger partial charge in [0.2, 0.25) is 0 Å². The highest BCUT2D eigenvalue weighted by atomic mass is 35.5. The number of aryl methyl sites for hydroxylation is 2. The third-order valence-electron chi connectivity index (χ3n) is 3.41. The Kier molecular flexibility index (Phi) is 3.85. The Bertz CT molecular complexity index is 836. The van der Waals surface area contributed by atoms with Crippen LogP contribution in [0.4, 0.5) is 0 Å². The molecule has 114 valence electrons. The predicted molar refractivity (Wildman–Crippen MR) is 84.2 cm³/mol. The Labute approximate surface area is 132 Å². The molecule has 3 aromatic rings. The molecule has 6 nitrogen and oxygen atoms in total. The van der Waals surface area contributed by atoms with Gasteiger partial charge in [0, 0.05) is 18.4 Å². The van der Waals surface area contributed by atoms with Crippen molar-refractivity contribution in [2.45, 2.75) is 20.4 Å². The van der Waals surface area contributed by atoms with E-state index in [2.05, 4.69) is 15.5 Å². The van der Waals surface area contributed by atoms with E-state index in [-0.39, 0.29) is 11.6 Å². The zero-order valence-corrected chi connectivity index (χ0v) is 13.1. The normalized spacial score (nSPS) is 11.0. The lowest BCUT2D eigenvalue weighted by Crippen LogP contribution is -2.28. The third-order valence-corrected chi connectivity index (χ3v) is 3.78. The molecule has 7 heteroatoms. The summed E-state index contributed by atoms with van der Waals surface area (Å²) in [5, 5.41) is 11.8. The number of carbonyl (C=O) groups is 1. The van der Waals surface area contributed by atoms with Crippen molar-refractivity contribution in [3.05, 3.63) is 52.6 Å². The molecule has 0 unspecified atom stereocenters. The highest BCUT2D eigenvalue weighted by molar-refractivity contribution is 6.36. The van der Waals surface area contributed by atoms with E-state index in [1.807, 2.05) is 42.8 Å². The van der Waals surface area contributed by atoms with E-state index in [0.717, 1.165) is 11.4 Å². The lowest BCUT2D eigenvalue weighted by atomic mass is 10.3. The summed E-state index contributed by atoms with van der Waals surface area (Å²) < 4.78 is 3.46. The molecule has 0 atom stereocenters. The third kappa shape index (κ3) is 2.69. The number of halogens is 1. The van der Waals surface area contributed by atoms with Gasteiger partial charge in [0.05, 0.1) is 22.8 Å². The van der Waals surface area contributed by atoms with Crippen molar-refractivity contribution in [1.82, 2.24) is 24.7 Å². The van der Waals surface area contributed by atoms with Crippen LogP contribution in [0.15, 0.2) is 30.5 Å². The summed E-state index contributed by atoms with van der Waals surface area (Å²) in [5.41, 5.74) is 2.99. The lowest BCUT2D eigenvalue weighted by Gasteiger charge is -2.05. The fourth-order valence-electron chi connectivity index (χ4n) is 2.37. The van der Waals surface area contributed by atoms with Gasteiger partial charge < -0.3 is 5.32 Å². The molecular weight excluding hydrogens is 302 g/mol. The predicted octanol–water partition coefficient (Wildman–Crippen LogP) is 2.23. The molecule has 0 fully saturated rings. The van der Waals surface area contributed by atoms with Crippen molar-refractivity contribution in [3.63, 3.8) is 0 Å². The minimum Gasteiger partial charge on any atom is -0.349 e. The van der Waals surface area contributed by atoms with Gasteiger partial charge in [-0.3, -0.25) is 9.48 Å². The minimum atomic E-state index is -0.282. The summed E-state index contributed by atoms with van der Waals surface area (Å²) in [6, 6.07) is 7.51. The van der Waals surface area contributed by atoms with Gasteiger partial charge in [-0.2, -0.15) is 10.2 Å². The number of amides is 1. The van der Waals surface area contributed by atoms with Crippen LogP contribution in [-0.2, 0) is 6.54 Å². The molecule has 0 saturated carbocycles. The topological polar surface area (TPSA) is 64.2 Å². The molecule has 3 heterocycles. The van der Waals surface area contributed by atoms with Gasteiger partial charge in [-0.15, -0.1) is 0 Å². The second kappa shape index (κ2) is 5.81. The van der Waals surface area contributed by atoms with Crippen molar-refractivity contribution in [3.8, 4) is 0 Å². The monoisotopic (exact) mass is 317 g/mol. The smallest absolute Gasteiger partial charge is 0.273 e. The van der Waals surface area contributed by atoms with Crippen LogP contribution in [0.5, 0.6) is 0 Å². The van der Waals surface area contributed by atoms with E-state index in [1.54, 1.807) is 10.7 Å². The summed E-state index contributed by atoms with van der Waals surface area (Å²) in [5.74, 6) is -0.282. The van der Waals surface area contributed by atoms with E-state index in [4.69, 9.17) is 11.6 Å². The average Bonchev–Trinajstić information content (AvgIpc) is 2.99. The van der Waals surface area contributed by atoms with E-state index in [9.17, 15) is 4.79 Å². The fraction of sp³-hybridized carbons (Fsp3) is 0.267. The van der Waals surface area contributed by atoms with E-state index >= 15 is 0 Å². The van der Waals surface area contributed by atoms with Crippen LogP contribution in [0.1, 0.15) is 21.9 Å². The SMILES string of the molecule is Cc1cc(C)n(CCNC(=O)c2nn3ccccc3c2Cl)n1. The summed E-state index contributed by atoms with van der Waals surface area (Å²) in [4.78, 5) is 12.2. The molecule has 0 spiro atoms. The summed E-state index contributed by atoms with van der Waals surface area (Å²) in [6.45, 7) is 5.00. The van der Waals surface area contributed by atoms with Gasteiger partial charge in [-0.1, -0.05) is 17.7 Å². The van der Waals surface area contributed by atoms with E-state index in [0.29, 0.717) is 23.6 Å². The lowest BCUT2D eigenvalue weighted by molar-refractivity contribution is 0.0946. The highest BCUT2D eigenvalue weighted by Crippen LogP contribution is 2.21. The average molecular weight is 318 g/mol. The quantitative estimate of drug-likeness (QED) is 0.802. The first-order valence-corrected chi connectivity index (χ1v) is 7.36. The number of pyridine rings is 1. The standard InChI is InChI=1S/C15H16ClN5O/c1-10-9-11(2)20(18-10)8-6-17-15(22)14-13(16)12-5-3-4-7-21(12)19-14/h3-5,7,9H,6,8H2,1-2H3,(H,17,22). The fourth-order valence-corrected chi connectivity index (χ4v) is 2.65. The number of hydrogen-bond acceptors (Lipinski definition) is 3. The largest absolute Gasteiger partial charge is 0.349 e. The first-order chi connectivity index (χ1) is 10.6. The first kappa shape index (κ1) is 14.6. The number of aromatic nitrogens is 4. The molecular formula is C15H16ClN5O. The number of carbonyl (C=O) groups excluding carboxylic acids is 1. The van der Waals surface area contributed by atoms with Gasteiger partial charge >= 0.3 is 0 Å². The number of nitrogens with one attached hydrogen (secondary N) is 1. The Morgan fingerprint density at radius 3 is 2.82 bits per heavy atom. The van der Waals surface area contributed by atoms with Gasteiger partial charge in [0.25, 0.3) is 5.91 Å². The van der Waals surface area contributed by atoms with Crippen molar-refractivity contribution in [2.75, 3.05) is 6.54 Å². The van der Waals surface area contributed by atoms with Crippen LogP contribution in [0.3, 0.4) is 0 Å². The van der Waals surface area contributed by atoms with E-state index < -0.39 is 0 Å². The van der Waals surface area contributed by atoms with Gasteiger partial charge in [0.15, 0.2) is 5.69 Å². The number of nitrogens with zero attached hydrogens (tertiary/aromatic N) is 4. The maximum Gasteiger partial charge on any atom is 0.273 e. The van der Waals surface area contributed by atoms with Crippen LogP contribution < -0.4 is 5.32 Å². The first-order valence-electron chi connectivity index (χ1n) is 6.98. The molecule has 3 rings (SSSR count). The van der Waals surface area contributed by atoms with Crippen LogP contribution in [0.2, 0.25) is 5.02 Å². The van der Waals surface area contributed by atoms with Crippen molar-refractivity contribution >= 4 is 23.0 Å². The van der Waals surface area contributed by atoms with Crippen LogP contribution in [-0.4, -0.2) is 31.8 Å². The summed E-state index contributed by atoms with van der Waals surface area (Å²) >= 11 is 6.21. The molecule has 22 heavy (non-hydrogen) atoms. The second-order valence-corrected chi connectivity index (χ2v) is 5.48. The maximum atomic E-state index is 12.2. The van der Waals surface area contributed by atoms with Gasteiger partial charge in [0.1, 0.15) is 0 Å². The Hall–Kier alpha value is -2.34. The molecule has 3 aromatic heterocycles. The maximum absolute atomic E-state index is 12.2. The molecule has 1 amide bonds. The van der Waals surface area contributed by atoms with E-state index in [1.165, 1.54) is 0 Å². The number of fused-ring (bicyclic) bond motifs is 1. The molecule has 0 saturated heterocycles. The zero-order chi connectivity index (χ0) is 15.7. The molecule has 0 aliphatic carbocycles. The summed E-state index contributed by atoms with van der Waals surface area (Å²) in [6.07, 6.45) is 1.76.